The van der Waals surface area contributed by atoms with Gasteiger partial charge in [-0.2, -0.15) is 4.98 Å². The van der Waals surface area contributed by atoms with E-state index in [1.165, 1.54) is 0 Å². The van der Waals surface area contributed by atoms with Gasteiger partial charge in [-0.1, -0.05) is 23.3 Å². The van der Waals surface area contributed by atoms with Crippen molar-refractivity contribution >= 4 is 41.0 Å². The number of methoxy groups -OCH3 is 1. The fourth-order valence-electron chi connectivity index (χ4n) is 3.57. The van der Waals surface area contributed by atoms with E-state index in [1.54, 1.807) is 20.4 Å². The highest BCUT2D eigenvalue weighted by molar-refractivity contribution is 6.32. The number of nitrogens with two attached hydrogens (primary N) is 1. The molecule has 4 N–H and O–H groups in total. The van der Waals surface area contributed by atoms with Crippen molar-refractivity contribution in [2.45, 2.75) is 26.3 Å². The molecule has 9 nitrogen and oxygen atoms in total. The van der Waals surface area contributed by atoms with Crippen LogP contribution < -0.4 is 36.8 Å². The lowest BCUT2D eigenvalue weighted by Gasteiger charge is -2.21. The fraction of sp³-hybridized carbons (Fsp3) is 0.300. The van der Waals surface area contributed by atoms with Crippen molar-refractivity contribution in [3.8, 4) is 5.75 Å². The molecule has 0 unspecified atom stereocenters. The van der Waals surface area contributed by atoms with Crippen molar-refractivity contribution in [1.82, 2.24) is 25.7 Å². The van der Waals surface area contributed by atoms with E-state index in [2.05, 4.69) is 25.7 Å². The molecule has 2 aliphatic rings. The van der Waals surface area contributed by atoms with Crippen LogP contribution in [0.2, 0.25) is 5.02 Å². The molecule has 3 heterocycles. The molecule has 0 bridgehead atoms. The molecule has 10 heteroatoms. The summed E-state index contributed by atoms with van der Waals surface area (Å²) in [7, 11) is 3.20. The summed E-state index contributed by atoms with van der Waals surface area (Å²) < 4.78 is 5.40. The molecule has 1 aliphatic heterocycles. The lowest BCUT2D eigenvalue weighted by molar-refractivity contribution is -0.119. The van der Waals surface area contributed by atoms with Gasteiger partial charge in [-0.25, -0.2) is 4.98 Å². The van der Waals surface area contributed by atoms with Gasteiger partial charge >= 0.3 is 0 Å². The molecule has 2 aromatic rings. The summed E-state index contributed by atoms with van der Waals surface area (Å²) in [4.78, 5) is 25.2. The molecule has 4 rings (SSSR count). The zero-order valence-corrected chi connectivity index (χ0v) is 17.7. The number of halogens is 1. The third kappa shape index (κ3) is 3.52. The molecule has 0 fully saturated rings. The Hall–Kier alpha value is -3.33. The van der Waals surface area contributed by atoms with E-state index in [4.69, 9.17) is 22.1 Å². The largest absolute Gasteiger partial charge is 0.495 e. The van der Waals surface area contributed by atoms with Crippen LogP contribution in [0.1, 0.15) is 24.1 Å². The summed E-state index contributed by atoms with van der Waals surface area (Å²) in [6.07, 6.45) is 6.55. The molecular weight excluding hydrogens is 406 g/mol. The van der Waals surface area contributed by atoms with Gasteiger partial charge in [0.1, 0.15) is 10.8 Å². The van der Waals surface area contributed by atoms with Gasteiger partial charge in [-0.3, -0.25) is 20.2 Å². The van der Waals surface area contributed by atoms with Crippen molar-refractivity contribution < 1.29 is 9.53 Å². The van der Waals surface area contributed by atoms with Gasteiger partial charge in [-0.15, -0.1) is 0 Å². The average molecular weight is 428 g/mol. The van der Waals surface area contributed by atoms with Gasteiger partial charge in [0, 0.05) is 25.2 Å². The molecule has 30 heavy (non-hydrogen) atoms. The van der Waals surface area contributed by atoms with Crippen molar-refractivity contribution in [3.63, 3.8) is 0 Å². The number of carbonyl (C=O) groups is 1. The zero-order chi connectivity index (χ0) is 21.4. The zero-order valence-electron chi connectivity index (χ0n) is 16.9. The Morgan fingerprint density at radius 1 is 1.43 bits per heavy atom. The molecule has 0 aromatic carbocycles. The van der Waals surface area contributed by atoms with Gasteiger partial charge in [0.15, 0.2) is 5.82 Å². The number of aryl methyl sites for hydroxylation is 1. The van der Waals surface area contributed by atoms with Crippen molar-refractivity contribution in [2.75, 3.05) is 24.9 Å². The Bertz CT molecular complexity index is 1190. The third-order valence-electron chi connectivity index (χ3n) is 5.03. The van der Waals surface area contributed by atoms with E-state index in [-0.39, 0.29) is 11.9 Å². The molecule has 156 valence electrons. The van der Waals surface area contributed by atoms with Gasteiger partial charge < -0.3 is 15.8 Å². The molecule has 1 amide bonds. The SMILES string of the molecule is CNC(=O)CC1=CC2=c3c(nc(N)nc3=CC1)N(Cc1ncc(C)c(OC)c1Cl)N2. The van der Waals surface area contributed by atoms with Gasteiger partial charge in [-0.05, 0) is 19.4 Å². The third-order valence-corrected chi connectivity index (χ3v) is 5.41. The highest BCUT2D eigenvalue weighted by Crippen LogP contribution is 2.31. The number of pyridine rings is 1. The van der Waals surface area contributed by atoms with Gasteiger partial charge in [0.25, 0.3) is 0 Å². The second kappa shape index (κ2) is 7.83. The van der Waals surface area contributed by atoms with E-state index < -0.39 is 0 Å². The Morgan fingerprint density at radius 2 is 2.23 bits per heavy atom. The van der Waals surface area contributed by atoms with Crippen LogP contribution in [0.3, 0.4) is 0 Å². The maximum Gasteiger partial charge on any atom is 0.223 e. The van der Waals surface area contributed by atoms with Gasteiger partial charge in [0.05, 0.1) is 35.6 Å². The van der Waals surface area contributed by atoms with Crippen LogP contribution >= 0.6 is 11.6 Å². The Balaban J connectivity index is 1.74. The van der Waals surface area contributed by atoms with Crippen LogP contribution in [-0.2, 0) is 11.3 Å². The highest BCUT2D eigenvalue weighted by atomic mass is 35.5. The van der Waals surface area contributed by atoms with E-state index in [0.717, 1.165) is 27.4 Å². The first-order valence-corrected chi connectivity index (χ1v) is 9.79. The number of aromatic nitrogens is 3. The maximum absolute atomic E-state index is 11.9. The first-order valence-electron chi connectivity index (χ1n) is 9.41. The number of carbonyl (C=O) groups excluding carboxylic acids is 1. The summed E-state index contributed by atoms with van der Waals surface area (Å²) in [5.74, 6) is 1.35. The number of amides is 1. The molecule has 0 spiro atoms. The van der Waals surface area contributed by atoms with Gasteiger partial charge in [0.2, 0.25) is 11.9 Å². The standard InChI is InChI=1S/C20H22ClN7O2/c1-10-8-24-14(17(21)18(10)30-3)9-28-19-16-12(25-20(22)26-19)5-4-11(6-13(16)27-28)7-15(29)23-2/h5-6,8,27H,4,7,9H2,1-3H3,(H2,22,25)(H,23,29). The quantitative estimate of drug-likeness (QED) is 0.623. The number of nitrogens with one attached hydrogen (secondary N) is 2. The monoisotopic (exact) mass is 427 g/mol. The molecule has 2 aromatic heterocycles. The Kier molecular flexibility index (Phi) is 5.21. The van der Waals surface area contributed by atoms with Crippen LogP contribution in [0.5, 0.6) is 5.75 Å². The molecule has 0 saturated heterocycles. The summed E-state index contributed by atoms with van der Waals surface area (Å²) in [5.41, 5.74) is 12.6. The second-order valence-electron chi connectivity index (χ2n) is 7.07. The van der Waals surface area contributed by atoms with Crippen LogP contribution in [0.4, 0.5) is 11.8 Å². The minimum Gasteiger partial charge on any atom is -0.495 e. The average Bonchev–Trinajstić information content (AvgIpc) is 2.95. The number of hydrazine groups is 1. The second-order valence-corrected chi connectivity index (χ2v) is 7.45. The van der Waals surface area contributed by atoms with E-state index in [1.807, 2.05) is 24.1 Å². The van der Waals surface area contributed by atoms with Crippen LogP contribution in [0.15, 0.2) is 17.8 Å². The number of rotatable bonds is 5. The van der Waals surface area contributed by atoms with Crippen LogP contribution in [-0.4, -0.2) is 35.0 Å². The lowest BCUT2D eigenvalue weighted by Crippen LogP contribution is -2.35. The topological polar surface area (TPSA) is 118 Å². The number of hydrogen-bond donors (Lipinski definition) is 3. The normalized spacial score (nSPS) is 14.3. The molecule has 1 aliphatic carbocycles. The number of nitrogen functional groups attached to an aromatic ring is 1. The highest BCUT2D eigenvalue weighted by Gasteiger charge is 2.25. The molecule has 0 radical (unpaired) electrons. The lowest BCUT2D eigenvalue weighted by atomic mass is 10.1. The number of hydrogen-bond acceptors (Lipinski definition) is 8. The predicted molar refractivity (Wildman–Crippen MR) is 115 cm³/mol. The predicted octanol–water partition coefficient (Wildman–Crippen LogP) is 0.304. The van der Waals surface area contributed by atoms with Crippen molar-refractivity contribution in [2.24, 2.45) is 0 Å². The summed E-state index contributed by atoms with van der Waals surface area (Å²) in [6, 6.07) is 0. The van der Waals surface area contributed by atoms with Crippen molar-refractivity contribution in [3.05, 3.63) is 44.7 Å². The first-order chi connectivity index (χ1) is 14.4. The minimum absolute atomic E-state index is 0.0513. The van der Waals surface area contributed by atoms with E-state index in [0.29, 0.717) is 41.7 Å². The number of anilines is 2. The van der Waals surface area contributed by atoms with Crippen LogP contribution in [0.25, 0.3) is 11.8 Å². The number of ether oxygens (including phenoxy) is 1. The molecule has 0 atom stereocenters. The van der Waals surface area contributed by atoms with Crippen LogP contribution in [0, 0.1) is 6.92 Å². The summed E-state index contributed by atoms with van der Waals surface area (Å²) in [6.45, 7) is 2.22. The Morgan fingerprint density at radius 3 is 2.97 bits per heavy atom. The number of nitrogens with zero attached hydrogens (tertiary/aromatic N) is 4. The smallest absolute Gasteiger partial charge is 0.223 e. The maximum atomic E-state index is 11.9. The fourth-order valence-corrected chi connectivity index (χ4v) is 3.91. The van der Waals surface area contributed by atoms with E-state index >= 15 is 0 Å². The first kappa shape index (κ1) is 20.0. The van der Waals surface area contributed by atoms with Crippen molar-refractivity contribution in [1.29, 1.82) is 0 Å². The summed E-state index contributed by atoms with van der Waals surface area (Å²) in [5, 5.41) is 6.49. The summed E-state index contributed by atoms with van der Waals surface area (Å²) >= 11 is 6.52. The molecule has 0 saturated carbocycles. The van der Waals surface area contributed by atoms with E-state index in [9.17, 15) is 4.79 Å². The Labute approximate surface area is 178 Å². The molecular formula is C20H22ClN7O2. The minimum atomic E-state index is -0.0513.